The lowest BCUT2D eigenvalue weighted by molar-refractivity contribution is -0.122. The average Bonchev–Trinajstić information content (AvgIpc) is 3.27. The number of aromatic nitrogens is 1. The number of likely N-dealkylation sites (tertiary alicyclic amines) is 1. The van der Waals surface area contributed by atoms with Gasteiger partial charge in [-0.2, -0.15) is 0 Å². The first kappa shape index (κ1) is 16.7. The molecule has 1 atom stereocenters. The Bertz CT molecular complexity index is 653. The van der Waals surface area contributed by atoms with Crippen molar-refractivity contribution in [2.75, 3.05) is 26.7 Å². The Morgan fingerprint density at radius 1 is 1.54 bits per heavy atom. The maximum Gasteiger partial charge on any atom is 0.234 e. The summed E-state index contributed by atoms with van der Waals surface area (Å²) in [5.74, 6) is 2.37. The molecule has 1 N–H and O–H groups in total. The minimum atomic E-state index is 0.0260. The third kappa shape index (κ3) is 4.46. The Morgan fingerprint density at radius 3 is 3.12 bits per heavy atom. The minimum absolute atomic E-state index is 0.0260. The van der Waals surface area contributed by atoms with Crippen molar-refractivity contribution in [1.82, 2.24) is 20.1 Å². The van der Waals surface area contributed by atoms with E-state index in [0.717, 1.165) is 36.9 Å². The number of oxazole rings is 1. The monoisotopic (exact) mass is 332 g/mol. The zero-order chi connectivity index (χ0) is 16.9. The molecule has 7 heteroatoms. The Labute approximate surface area is 141 Å². The van der Waals surface area contributed by atoms with E-state index in [-0.39, 0.29) is 5.91 Å². The second kappa shape index (κ2) is 7.63. The fourth-order valence-corrected chi connectivity index (χ4v) is 2.99. The summed E-state index contributed by atoms with van der Waals surface area (Å²) in [6.45, 7) is 5.25. The molecule has 1 fully saturated rings. The lowest BCUT2D eigenvalue weighted by Crippen LogP contribution is -2.38. The van der Waals surface area contributed by atoms with Gasteiger partial charge < -0.3 is 14.2 Å². The van der Waals surface area contributed by atoms with Gasteiger partial charge in [-0.25, -0.2) is 4.98 Å². The van der Waals surface area contributed by atoms with Crippen LogP contribution < -0.4 is 5.32 Å². The highest BCUT2D eigenvalue weighted by atomic mass is 16.4. The summed E-state index contributed by atoms with van der Waals surface area (Å²) in [6, 6.07) is 4.08. The maximum absolute atomic E-state index is 12.0. The Kier molecular flexibility index (Phi) is 5.32. The molecule has 3 heterocycles. The number of carbonyl (C=O) groups excluding carboxylic acids is 1. The molecule has 130 valence electrons. The van der Waals surface area contributed by atoms with Gasteiger partial charge in [0.25, 0.3) is 0 Å². The van der Waals surface area contributed by atoms with E-state index < -0.39 is 0 Å². The van der Waals surface area contributed by atoms with Crippen LogP contribution in [-0.4, -0.2) is 53.4 Å². The number of amides is 1. The Hall–Kier alpha value is -2.12. The smallest absolute Gasteiger partial charge is 0.234 e. The lowest BCUT2D eigenvalue weighted by atomic mass is 10.2. The van der Waals surface area contributed by atoms with Crippen molar-refractivity contribution in [1.29, 1.82) is 0 Å². The number of hydrogen-bond donors (Lipinski definition) is 1. The molecule has 3 rings (SSSR count). The molecule has 0 radical (unpaired) electrons. The van der Waals surface area contributed by atoms with E-state index in [4.69, 9.17) is 8.83 Å². The van der Waals surface area contributed by atoms with Gasteiger partial charge in [-0.15, -0.1) is 0 Å². The second-order valence-electron chi connectivity index (χ2n) is 6.31. The summed E-state index contributed by atoms with van der Waals surface area (Å²) in [5.41, 5.74) is 0. The van der Waals surface area contributed by atoms with Gasteiger partial charge in [0.05, 0.1) is 32.1 Å². The van der Waals surface area contributed by atoms with Crippen LogP contribution in [0.1, 0.15) is 23.8 Å². The van der Waals surface area contributed by atoms with Crippen molar-refractivity contribution in [3.05, 3.63) is 42.0 Å². The van der Waals surface area contributed by atoms with E-state index in [1.54, 1.807) is 12.5 Å². The highest BCUT2D eigenvalue weighted by molar-refractivity contribution is 5.77. The van der Waals surface area contributed by atoms with Crippen molar-refractivity contribution >= 4 is 5.91 Å². The number of furan rings is 1. The van der Waals surface area contributed by atoms with Crippen LogP contribution in [0, 0.1) is 6.92 Å². The van der Waals surface area contributed by atoms with E-state index in [0.29, 0.717) is 25.7 Å². The van der Waals surface area contributed by atoms with Gasteiger partial charge in [-0.1, -0.05) is 0 Å². The zero-order valence-corrected chi connectivity index (χ0v) is 14.2. The summed E-state index contributed by atoms with van der Waals surface area (Å²) in [5, 5.41) is 2.89. The van der Waals surface area contributed by atoms with Crippen LogP contribution in [0.3, 0.4) is 0 Å². The number of nitrogens with one attached hydrogen (secondary N) is 1. The SMILES string of the molecule is Cc1cnc(CN(C)[C@H]2CCN(CC(=O)NCc3ccco3)C2)o1. The standard InChI is InChI=1S/C17H24N4O3/c1-13-8-19-17(24-13)12-20(2)14-5-6-21(10-14)11-16(22)18-9-15-4-3-7-23-15/h3-4,7-8,14H,5-6,9-12H2,1-2H3,(H,18,22)/t14-/m0/s1. The first-order chi connectivity index (χ1) is 11.6. The molecule has 7 nitrogen and oxygen atoms in total. The Balaban J connectivity index is 1.40. The molecule has 0 aliphatic carbocycles. The summed E-state index contributed by atoms with van der Waals surface area (Å²) in [7, 11) is 2.07. The van der Waals surface area contributed by atoms with Gasteiger partial charge >= 0.3 is 0 Å². The van der Waals surface area contributed by atoms with Crippen molar-refractivity contribution in [3.63, 3.8) is 0 Å². The summed E-state index contributed by atoms with van der Waals surface area (Å²) in [6.07, 6.45) is 4.40. The van der Waals surface area contributed by atoms with Gasteiger partial charge in [0.2, 0.25) is 11.8 Å². The number of likely N-dealkylation sites (N-methyl/N-ethyl adjacent to an activating group) is 1. The van der Waals surface area contributed by atoms with Crippen LogP contribution in [0.2, 0.25) is 0 Å². The van der Waals surface area contributed by atoms with Crippen LogP contribution >= 0.6 is 0 Å². The van der Waals surface area contributed by atoms with Gasteiger partial charge in [-0.05, 0) is 32.5 Å². The number of hydrogen-bond acceptors (Lipinski definition) is 6. The lowest BCUT2D eigenvalue weighted by Gasteiger charge is -2.23. The van der Waals surface area contributed by atoms with E-state index in [1.165, 1.54) is 0 Å². The molecular weight excluding hydrogens is 308 g/mol. The maximum atomic E-state index is 12.0. The fraction of sp³-hybridized carbons (Fsp3) is 0.529. The zero-order valence-electron chi connectivity index (χ0n) is 14.2. The molecule has 24 heavy (non-hydrogen) atoms. The summed E-state index contributed by atoms with van der Waals surface area (Å²) in [4.78, 5) is 20.7. The summed E-state index contributed by atoms with van der Waals surface area (Å²) >= 11 is 0. The molecule has 0 bridgehead atoms. The van der Waals surface area contributed by atoms with Crippen LogP contribution in [0.25, 0.3) is 0 Å². The van der Waals surface area contributed by atoms with E-state index >= 15 is 0 Å². The predicted molar refractivity (Wildman–Crippen MR) is 88.1 cm³/mol. The van der Waals surface area contributed by atoms with E-state index in [1.807, 2.05) is 19.1 Å². The van der Waals surface area contributed by atoms with Crippen LogP contribution in [0.5, 0.6) is 0 Å². The molecular formula is C17H24N4O3. The number of carbonyl (C=O) groups is 1. The summed E-state index contributed by atoms with van der Waals surface area (Å²) < 4.78 is 10.7. The van der Waals surface area contributed by atoms with Crippen LogP contribution in [0.15, 0.2) is 33.4 Å². The number of nitrogens with zero attached hydrogens (tertiary/aromatic N) is 3. The molecule has 1 saturated heterocycles. The molecule has 2 aromatic heterocycles. The molecule has 1 aliphatic heterocycles. The molecule has 1 amide bonds. The van der Waals surface area contributed by atoms with Crippen molar-refractivity contribution in [2.24, 2.45) is 0 Å². The normalized spacial score (nSPS) is 18.4. The van der Waals surface area contributed by atoms with E-state index in [2.05, 4.69) is 27.1 Å². The molecule has 1 aliphatic rings. The second-order valence-corrected chi connectivity index (χ2v) is 6.31. The third-order valence-electron chi connectivity index (χ3n) is 4.33. The highest BCUT2D eigenvalue weighted by Gasteiger charge is 2.27. The number of aryl methyl sites for hydroxylation is 1. The number of rotatable bonds is 7. The highest BCUT2D eigenvalue weighted by Crippen LogP contribution is 2.16. The largest absolute Gasteiger partial charge is 0.467 e. The minimum Gasteiger partial charge on any atom is -0.467 e. The van der Waals surface area contributed by atoms with Gasteiger partial charge in [0.15, 0.2) is 0 Å². The predicted octanol–water partition coefficient (Wildman–Crippen LogP) is 1.40. The van der Waals surface area contributed by atoms with Gasteiger partial charge in [0, 0.05) is 19.1 Å². The first-order valence-corrected chi connectivity index (χ1v) is 8.23. The molecule has 0 unspecified atom stereocenters. The van der Waals surface area contributed by atoms with Crippen LogP contribution in [-0.2, 0) is 17.9 Å². The van der Waals surface area contributed by atoms with E-state index in [9.17, 15) is 4.79 Å². The molecule has 0 aromatic carbocycles. The first-order valence-electron chi connectivity index (χ1n) is 8.23. The Morgan fingerprint density at radius 2 is 2.42 bits per heavy atom. The van der Waals surface area contributed by atoms with Crippen molar-refractivity contribution in [3.8, 4) is 0 Å². The van der Waals surface area contributed by atoms with Gasteiger partial charge in [-0.3, -0.25) is 14.6 Å². The van der Waals surface area contributed by atoms with Crippen molar-refractivity contribution in [2.45, 2.75) is 32.5 Å². The quantitative estimate of drug-likeness (QED) is 0.826. The fourth-order valence-electron chi connectivity index (χ4n) is 2.99. The molecule has 0 spiro atoms. The molecule has 2 aromatic rings. The molecule has 0 saturated carbocycles. The van der Waals surface area contributed by atoms with Crippen LogP contribution in [0.4, 0.5) is 0 Å². The third-order valence-corrected chi connectivity index (χ3v) is 4.33. The van der Waals surface area contributed by atoms with Crippen molar-refractivity contribution < 1.29 is 13.6 Å². The average molecular weight is 332 g/mol. The topological polar surface area (TPSA) is 74.8 Å². The van der Waals surface area contributed by atoms with Gasteiger partial charge in [0.1, 0.15) is 11.5 Å².